The molecule has 31 heavy (non-hydrogen) atoms. The number of carbonyl (C=O) groups is 1. The number of fused-ring (bicyclic) bond motifs is 1. The van der Waals surface area contributed by atoms with Crippen LogP contribution in [-0.4, -0.2) is 28.3 Å². The van der Waals surface area contributed by atoms with Crippen LogP contribution in [-0.2, 0) is 10.3 Å². The predicted molar refractivity (Wildman–Crippen MR) is 108 cm³/mol. The molecule has 0 radical (unpaired) electrons. The van der Waals surface area contributed by atoms with E-state index in [9.17, 15) is 28.1 Å². The second-order valence-electron chi connectivity index (χ2n) is 8.28. The van der Waals surface area contributed by atoms with Crippen molar-refractivity contribution in [2.24, 2.45) is 5.92 Å². The molecule has 1 aliphatic rings. The van der Waals surface area contributed by atoms with Crippen molar-refractivity contribution in [2.75, 3.05) is 0 Å². The highest BCUT2D eigenvalue weighted by molar-refractivity contribution is 5.84. The zero-order chi connectivity index (χ0) is 22.8. The monoisotopic (exact) mass is 439 g/mol. The van der Waals surface area contributed by atoms with Crippen molar-refractivity contribution in [3.63, 3.8) is 0 Å². The third-order valence-corrected chi connectivity index (χ3v) is 6.10. The summed E-state index contributed by atoms with van der Waals surface area (Å²) in [6.07, 6.45) is -4.10. The van der Waals surface area contributed by atoms with E-state index in [-0.39, 0.29) is 31.8 Å². The van der Waals surface area contributed by atoms with Crippen LogP contribution in [0.5, 0.6) is 5.75 Å². The van der Waals surface area contributed by atoms with Crippen molar-refractivity contribution in [2.45, 2.75) is 63.3 Å². The van der Waals surface area contributed by atoms with Gasteiger partial charge in [0.05, 0.1) is 18.4 Å². The van der Waals surface area contributed by atoms with Crippen LogP contribution in [0.25, 0.3) is 10.8 Å². The van der Waals surface area contributed by atoms with Gasteiger partial charge in [-0.15, -0.1) is 0 Å². The fourth-order valence-corrected chi connectivity index (χ4v) is 4.02. The number of ether oxygens (including phenoxy) is 1. The summed E-state index contributed by atoms with van der Waals surface area (Å²) in [6, 6.07) is 10.2. The SMILES string of the molecule is CC(CCC(=O)O)(c1ccc2cc(O[C@H]3CC[C@H](C(F)(F)F)CC3)ccc2c1)[N+](=O)[O-]. The van der Waals surface area contributed by atoms with Gasteiger partial charge in [-0.05, 0) is 54.7 Å². The van der Waals surface area contributed by atoms with Crippen LogP contribution in [0.3, 0.4) is 0 Å². The van der Waals surface area contributed by atoms with Crippen molar-refractivity contribution in [3.8, 4) is 5.75 Å². The number of halogens is 3. The number of carboxylic acids is 1. The Morgan fingerprint density at radius 3 is 2.32 bits per heavy atom. The summed E-state index contributed by atoms with van der Waals surface area (Å²) < 4.78 is 44.3. The Labute approximate surface area is 177 Å². The Kier molecular flexibility index (Phi) is 6.43. The first-order chi connectivity index (χ1) is 14.5. The molecule has 1 saturated carbocycles. The van der Waals surface area contributed by atoms with E-state index >= 15 is 0 Å². The van der Waals surface area contributed by atoms with E-state index in [1.54, 1.807) is 36.4 Å². The molecule has 6 nitrogen and oxygen atoms in total. The standard InChI is InChI=1S/C22H24F3NO5/c1-21(26(29)30,11-10-20(27)28)17-4-2-15-13-19(7-3-14(15)12-17)31-18-8-5-16(6-9-18)22(23,24)25/h2-4,7,12-13,16,18H,5-6,8-11H2,1H3,(H,27,28)/t16-,18-,21?. The molecule has 9 heteroatoms. The molecule has 0 saturated heterocycles. The molecular weight excluding hydrogens is 415 g/mol. The highest BCUT2D eigenvalue weighted by Gasteiger charge is 2.42. The predicted octanol–water partition coefficient (Wildman–Crippen LogP) is 5.70. The molecule has 1 aliphatic carbocycles. The first kappa shape index (κ1) is 22.8. The molecule has 0 amide bonds. The van der Waals surface area contributed by atoms with E-state index in [0.717, 1.165) is 10.8 Å². The van der Waals surface area contributed by atoms with Crippen LogP contribution in [0, 0.1) is 16.0 Å². The molecule has 0 heterocycles. The van der Waals surface area contributed by atoms with Gasteiger partial charge >= 0.3 is 12.1 Å². The first-order valence-corrected chi connectivity index (χ1v) is 10.1. The van der Waals surface area contributed by atoms with Gasteiger partial charge in [-0.3, -0.25) is 14.9 Å². The molecule has 0 aliphatic heterocycles. The highest BCUT2D eigenvalue weighted by Crippen LogP contribution is 2.39. The number of aliphatic carboxylic acids is 1. The van der Waals surface area contributed by atoms with Crippen LogP contribution in [0.1, 0.15) is 51.0 Å². The number of alkyl halides is 3. The summed E-state index contributed by atoms with van der Waals surface area (Å²) in [4.78, 5) is 22.1. The van der Waals surface area contributed by atoms with Crippen LogP contribution in [0.15, 0.2) is 36.4 Å². The van der Waals surface area contributed by atoms with Crippen LogP contribution < -0.4 is 4.74 Å². The second-order valence-corrected chi connectivity index (χ2v) is 8.28. The summed E-state index contributed by atoms with van der Waals surface area (Å²) in [5, 5.41) is 22.1. The molecule has 1 N–H and O–H groups in total. The molecular formula is C22H24F3NO5. The number of carboxylic acid groups (broad SMARTS) is 1. The lowest BCUT2D eigenvalue weighted by Crippen LogP contribution is -2.32. The van der Waals surface area contributed by atoms with Gasteiger partial charge < -0.3 is 9.84 Å². The van der Waals surface area contributed by atoms with Crippen molar-refractivity contribution in [1.29, 1.82) is 0 Å². The minimum atomic E-state index is -4.16. The van der Waals surface area contributed by atoms with E-state index in [1.165, 1.54) is 6.92 Å². The molecule has 3 rings (SSSR count). The van der Waals surface area contributed by atoms with Gasteiger partial charge in [0.1, 0.15) is 5.75 Å². The van der Waals surface area contributed by atoms with Gasteiger partial charge in [-0.25, -0.2) is 0 Å². The normalized spacial score (nSPS) is 21.4. The Bertz CT molecular complexity index is 969. The third-order valence-electron chi connectivity index (χ3n) is 6.10. The number of nitrogens with zero attached hydrogens (tertiary/aromatic N) is 1. The lowest BCUT2D eigenvalue weighted by Gasteiger charge is -2.30. The third kappa shape index (κ3) is 5.26. The molecule has 1 fully saturated rings. The first-order valence-electron chi connectivity index (χ1n) is 10.1. The minimum Gasteiger partial charge on any atom is -0.490 e. The molecule has 2 aromatic carbocycles. The van der Waals surface area contributed by atoms with Gasteiger partial charge in [0.15, 0.2) is 0 Å². The van der Waals surface area contributed by atoms with Crippen LogP contribution >= 0.6 is 0 Å². The summed E-state index contributed by atoms with van der Waals surface area (Å²) in [5.41, 5.74) is -1.12. The summed E-state index contributed by atoms with van der Waals surface area (Å²) in [6.45, 7) is 1.41. The fraction of sp³-hybridized carbons (Fsp3) is 0.500. The van der Waals surface area contributed by atoms with Gasteiger partial charge in [0.2, 0.25) is 5.54 Å². The van der Waals surface area contributed by atoms with Crippen molar-refractivity contribution >= 4 is 16.7 Å². The summed E-state index contributed by atoms with van der Waals surface area (Å²) in [5.74, 6) is -1.82. The lowest BCUT2D eigenvalue weighted by atomic mass is 9.86. The second kappa shape index (κ2) is 8.72. The molecule has 0 spiro atoms. The average molecular weight is 439 g/mol. The smallest absolute Gasteiger partial charge is 0.391 e. The quantitative estimate of drug-likeness (QED) is 0.442. The topological polar surface area (TPSA) is 89.7 Å². The lowest BCUT2D eigenvalue weighted by molar-refractivity contribution is -0.575. The van der Waals surface area contributed by atoms with E-state index in [2.05, 4.69) is 0 Å². The van der Waals surface area contributed by atoms with E-state index < -0.39 is 28.5 Å². The molecule has 0 aromatic heterocycles. The number of hydrogen-bond acceptors (Lipinski definition) is 4. The average Bonchev–Trinajstić information content (AvgIpc) is 2.71. The Morgan fingerprint density at radius 2 is 1.74 bits per heavy atom. The molecule has 1 unspecified atom stereocenters. The van der Waals surface area contributed by atoms with Crippen molar-refractivity contribution in [1.82, 2.24) is 0 Å². The Hall–Kier alpha value is -2.84. The summed E-state index contributed by atoms with van der Waals surface area (Å²) in [7, 11) is 0. The van der Waals surface area contributed by atoms with Gasteiger partial charge in [-0.2, -0.15) is 13.2 Å². The number of rotatable bonds is 7. The molecule has 0 bridgehead atoms. The van der Waals surface area contributed by atoms with Gasteiger partial charge in [0.25, 0.3) is 0 Å². The maximum atomic E-state index is 12.8. The largest absolute Gasteiger partial charge is 0.490 e. The minimum absolute atomic E-state index is 0.0565. The Balaban J connectivity index is 1.74. The number of benzene rings is 2. The number of nitro groups is 1. The highest BCUT2D eigenvalue weighted by atomic mass is 19.4. The number of hydrogen-bond donors (Lipinski definition) is 1. The van der Waals surface area contributed by atoms with E-state index in [1.807, 2.05) is 0 Å². The molecule has 168 valence electrons. The van der Waals surface area contributed by atoms with E-state index in [0.29, 0.717) is 24.2 Å². The van der Waals surface area contributed by atoms with E-state index in [4.69, 9.17) is 9.84 Å². The summed E-state index contributed by atoms with van der Waals surface area (Å²) >= 11 is 0. The zero-order valence-corrected chi connectivity index (χ0v) is 17.0. The van der Waals surface area contributed by atoms with Crippen molar-refractivity contribution in [3.05, 3.63) is 52.1 Å². The maximum absolute atomic E-state index is 12.8. The molecule has 2 aromatic rings. The zero-order valence-electron chi connectivity index (χ0n) is 17.0. The Morgan fingerprint density at radius 1 is 1.13 bits per heavy atom. The van der Waals surface area contributed by atoms with Crippen molar-refractivity contribution < 1.29 is 32.7 Å². The van der Waals surface area contributed by atoms with Gasteiger partial charge in [-0.1, -0.05) is 18.2 Å². The maximum Gasteiger partial charge on any atom is 0.391 e. The fourth-order valence-electron chi connectivity index (χ4n) is 4.02. The van der Waals surface area contributed by atoms with Crippen LogP contribution in [0.2, 0.25) is 0 Å². The van der Waals surface area contributed by atoms with Crippen LogP contribution in [0.4, 0.5) is 13.2 Å². The molecule has 1 atom stereocenters. The van der Waals surface area contributed by atoms with Gasteiger partial charge in [0, 0.05) is 23.8 Å².